The summed E-state index contributed by atoms with van der Waals surface area (Å²) in [5.74, 6) is 1.75. The number of anilines is 2. The average Bonchev–Trinajstić information content (AvgIpc) is 3.46. The van der Waals surface area contributed by atoms with E-state index in [2.05, 4.69) is 5.32 Å². The van der Waals surface area contributed by atoms with Crippen LogP contribution < -0.4 is 19.7 Å². The van der Waals surface area contributed by atoms with E-state index < -0.39 is 6.04 Å². The number of hydrogen-bond donors (Lipinski definition) is 1. The molecule has 12 heteroatoms. The van der Waals surface area contributed by atoms with Crippen molar-refractivity contribution >= 4 is 57.5 Å². The summed E-state index contributed by atoms with van der Waals surface area (Å²) >= 11 is 5.71. The molecular formula is C29H40N6O5S. The molecule has 1 N–H and O–H groups in total. The summed E-state index contributed by atoms with van der Waals surface area (Å²) in [6.07, 6.45) is 3.19. The Morgan fingerprint density at radius 1 is 1.07 bits per heavy atom. The Kier molecular flexibility index (Phi) is 9.95. The van der Waals surface area contributed by atoms with E-state index >= 15 is 0 Å². The molecule has 1 aromatic carbocycles. The van der Waals surface area contributed by atoms with E-state index in [1.807, 2.05) is 28.5 Å². The van der Waals surface area contributed by atoms with Crippen LogP contribution in [-0.2, 0) is 14.4 Å². The molecule has 222 valence electrons. The van der Waals surface area contributed by atoms with Gasteiger partial charge in [0, 0.05) is 62.9 Å². The molecule has 4 rings (SSSR count). The number of fused-ring (bicyclic) bond motifs is 1. The lowest BCUT2D eigenvalue weighted by atomic mass is 10.0. The lowest BCUT2D eigenvalue weighted by Crippen LogP contribution is -2.49. The first-order valence-corrected chi connectivity index (χ1v) is 14.6. The van der Waals surface area contributed by atoms with Crippen molar-refractivity contribution in [1.82, 2.24) is 19.8 Å². The summed E-state index contributed by atoms with van der Waals surface area (Å²) in [5, 5.41) is 3.68. The van der Waals surface area contributed by atoms with Crippen molar-refractivity contribution in [2.45, 2.75) is 58.9 Å². The molecule has 0 radical (unpaired) electrons. The number of methoxy groups -OCH3 is 2. The van der Waals surface area contributed by atoms with Gasteiger partial charge in [0.1, 0.15) is 17.6 Å². The van der Waals surface area contributed by atoms with E-state index in [9.17, 15) is 14.4 Å². The van der Waals surface area contributed by atoms with Gasteiger partial charge >= 0.3 is 0 Å². The van der Waals surface area contributed by atoms with Gasteiger partial charge in [-0.2, -0.15) is 4.98 Å². The van der Waals surface area contributed by atoms with Crippen LogP contribution in [0, 0.1) is 5.92 Å². The molecule has 1 unspecified atom stereocenters. The molecule has 0 bridgehead atoms. The highest BCUT2D eigenvalue weighted by Crippen LogP contribution is 2.35. The Morgan fingerprint density at radius 2 is 1.76 bits per heavy atom. The lowest BCUT2D eigenvalue weighted by molar-refractivity contribution is -0.131. The van der Waals surface area contributed by atoms with E-state index in [1.165, 1.54) is 0 Å². The Labute approximate surface area is 246 Å². The second-order valence-electron chi connectivity index (χ2n) is 10.7. The van der Waals surface area contributed by atoms with Gasteiger partial charge in [-0.1, -0.05) is 26.1 Å². The first kappa shape index (κ1) is 30.4. The lowest BCUT2D eigenvalue weighted by Gasteiger charge is -2.35. The van der Waals surface area contributed by atoms with Gasteiger partial charge in [-0.25, -0.2) is 4.98 Å². The topological polar surface area (TPSA) is 117 Å². The molecule has 2 aliphatic rings. The second kappa shape index (κ2) is 13.4. The van der Waals surface area contributed by atoms with Crippen molar-refractivity contribution in [3.63, 3.8) is 0 Å². The Balaban J connectivity index is 1.63. The molecule has 0 spiro atoms. The molecule has 11 nitrogen and oxygen atoms in total. The van der Waals surface area contributed by atoms with Crippen molar-refractivity contribution in [1.29, 1.82) is 0 Å². The molecule has 2 amide bonds. The fraction of sp³-hybridized carbons (Fsp3) is 0.586. The van der Waals surface area contributed by atoms with Crippen LogP contribution in [0.4, 0.5) is 11.8 Å². The zero-order valence-corrected chi connectivity index (χ0v) is 25.4. The zero-order chi connectivity index (χ0) is 29.7. The number of ether oxygens (including phenoxy) is 2. The highest BCUT2D eigenvalue weighted by atomic mass is 32.1. The van der Waals surface area contributed by atoms with Crippen molar-refractivity contribution in [2.75, 3.05) is 57.2 Å². The van der Waals surface area contributed by atoms with Crippen LogP contribution in [0.2, 0.25) is 0 Å². The molecule has 0 aliphatic carbocycles. The Hall–Kier alpha value is -3.54. The zero-order valence-electron chi connectivity index (χ0n) is 24.6. The highest BCUT2D eigenvalue weighted by Gasteiger charge is 2.35. The molecule has 2 aromatic rings. The summed E-state index contributed by atoms with van der Waals surface area (Å²) < 4.78 is 11.0. The SMILES string of the molecule is CCCC(=O)N1CCN(c2nc(NC(=O)[C@H]3CCCN3C(=S)C(C)CC(C)=O)c3cc(OC)c(OC)cc3n2)CC1. The van der Waals surface area contributed by atoms with Gasteiger partial charge < -0.3 is 34.3 Å². The maximum Gasteiger partial charge on any atom is 0.248 e. The van der Waals surface area contributed by atoms with Crippen molar-refractivity contribution < 1.29 is 23.9 Å². The summed E-state index contributed by atoms with van der Waals surface area (Å²) in [5.41, 5.74) is 0.598. The fourth-order valence-electron chi connectivity index (χ4n) is 5.51. The summed E-state index contributed by atoms with van der Waals surface area (Å²) in [6.45, 7) is 8.48. The molecule has 2 aliphatic heterocycles. The number of nitrogens with one attached hydrogen (secondary N) is 1. The Bertz CT molecular complexity index is 1310. The third kappa shape index (κ3) is 6.86. The van der Waals surface area contributed by atoms with E-state index in [4.69, 9.17) is 31.7 Å². The van der Waals surface area contributed by atoms with Gasteiger partial charge in [-0.05, 0) is 32.3 Å². The van der Waals surface area contributed by atoms with E-state index in [1.54, 1.807) is 33.3 Å². The molecule has 3 heterocycles. The first-order valence-electron chi connectivity index (χ1n) is 14.2. The van der Waals surface area contributed by atoms with E-state index in [0.717, 1.165) is 12.8 Å². The second-order valence-corrected chi connectivity index (χ2v) is 11.1. The highest BCUT2D eigenvalue weighted by molar-refractivity contribution is 7.80. The first-order chi connectivity index (χ1) is 19.7. The number of rotatable bonds is 10. The molecule has 41 heavy (non-hydrogen) atoms. The summed E-state index contributed by atoms with van der Waals surface area (Å²) in [7, 11) is 3.11. The minimum atomic E-state index is -0.460. The molecule has 2 atom stereocenters. The minimum Gasteiger partial charge on any atom is -0.493 e. The number of likely N-dealkylation sites (tertiary alicyclic amines) is 1. The number of carbonyl (C=O) groups is 3. The monoisotopic (exact) mass is 584 g/mol. The van der Waals surface area contributed by atoms with Crippen LogP contribution >= 0.6 is 12.2 Å². The predicted molar refractivity (Wildman–Crippen MR) is 162 cm³/mol. The van der Waals surface area contributed by atoms with Crippen LogP contribution in [0.5, 0.6) is 11.5 Å². The summed E-state index contributed by atoms with van der Waals surface area (Å²) in [6, 6.07) is 3.08. The van der Waals surface area contributed by atoms with Crippen molar-refractivity contribution in [3.05, 3.63) is 12.1 Å². The van der Waals surface area contributed by atoms with Crippen molar-refractivity contribution in [2.24, 2.45) is 5.92 Å². The number of hydrogen-bond acceptors (Lipinski definition) is 9. The maximum absolute atomic E-state index is 13.7. The number of benzene rings is 1. The number of ketones is 1. The fourth-order valence-corrected chi connectivity index (χ4v) is 5.81. The van der Waals surface area contributed by atoms with Crippen LogP contribution in [0.3, 0.4) is 0 Å². The smallest absolute Gasteiger partial charge is 0.248 e. The third-order valence-electron chi connectivity index (χ3n) is 7.66. The van der Waals surface area contributed by atoms with E-state index in [0.29, 0.717) is 91.1 Å². The number of thiocarbonyl (C=S) groups is 1. The normalized spacial score (nSPS) is 17.9. The molecule has 2 saturated heterocycles. The number of Topliss-reactive ketones (excluding diaryl/α,β-unsaturated/α-hetero) is 1. The van der Waals surface area contributed by atoms with Gasteiger partial charge in [-0.3, -0.25) is 9.59 Å². The number of piperazine rings is 1. The molecular weight excluding hydrogens is 544 g/mol. The average molecular weight is 585 g/mol. The molecule has 2 fully saturated rings. The largest absolute Gasteiger partial charge is 0.493 e. The van der Waals surface area contributed by atoms with Crippen LogP contribution in [0.1, 0.15) is 52.9 Å². The quantitative estimate of drug-likeness (QED) is 0.416. The molecule has 1 aromatic heterocycles. The number of aromatic nitrogens is 2. The number of amides is 2. The minimum absolute atomic E-state index is 0.0694. The van der Waals surface area contributed by atoms with Gasteiger partial charge in [0.05, 0.1) is 24.7 Å². The standard InChI is InChI=1S/C29H40N6O5S/c1-6-8-25(37)33-11-13-34(14-12-33)29-30-21-17-24(40-5)23(39-4)16-20(21)26(32-29)31-27(38)22-9-7-10-35(22)28(41)18(2)15-19(3)36/h16-18,22H,6-15H2,1-5H3,(H,30,31,32,38)/t18?,22-/m1/s1. The van der Waals surface area contributed by atoms with Crippen LogP contribution in [-0.4, -0.2) is 95.3 Å². The predicted octanol–water partition coefficient (Wildman–Crippen LogP) is 3.44. The van der Waals surface area contributed by atoms with Gasteiger partial charge in [0.2, 0.25) is 17.8 Å². The Morgan fingerprint density at radius 3 is 2.39 bits per heavy atom. The van der Waals surface area contributed by atoms with E-state index in [-0.39, 0.29) is 23.5 Å². The van der Waals surface area contributed by atoms with Gasteiger partial charge in [0.15, 0.2) is 11.5 Å². The maximum atomic E-state index is 13.7. The summed E-state index contributed by atoms with van der Waals surface area (Å²) in [4.78, 5) is 53.9. The molecule has 0 saturated carbocycles. The van der Waals surface area contributed by atoms with Crippen LogP contribution in [0.25, 0.3) is 10.9 Å². The number of carbonyl (C=O) groups excluding carboxylic acids is 3. The third-order valence-corrected chi connectivity index (χ3v) is 8.30. The van der Waals surface area contributed by atoms with Gasteiger partial charge in [0.25, 0.3) is 0 Å². The van der Waals surface area contributed by atoms with Gasteiger partial charge in [-0.15, -0.1) is 0 Å². The van der Waals surface area contributed by atoms with Crippen molar-refractivity contribution in [3.8, 4) is 11.5 Å². The van der Waals surface area contributed by atoms with Crippen LogP contribution in [0.15, 0.2) is 12.1 Å². The number of nitrogens with zero attached hydrogens (tertiary/aromatic N) is 5.